The summed E-state index contributed by atoms with van der Waals surface area (Å²) in [6.07, 6.45) is 1.87. The maximum Gasteiger partial charge on any atom is 0.230 e. The predicted octanol–water partition coefficient (Wildman–Crippen LogP) is 5.66. The van der Waals surface area contributed by atoms with Gasteiger partial charge in [-0.05, 0) is 24.3 Å². The molecule has 4 rings (SSSR count). The molecule has 0 fully saturated rings. The van der Waals surface area contributed by atoms with Crippen molar-refractivity contribution in [3.63, 3.8) is 0 Å². The van der Waals surface area contributed by atoms with Crippen LogP contribution in [0.3, 0.4) is 0 Å². The Hall–Kier alpha value is -3.10. The Morgan fingerprint density at radius 2 is 2.00 bits per heavy atom. The number of para-hydroxylation sites is 4. The van der Waals surface area contributed by atoms with E-state index < -0.39 is 0 Å². The third-order valence-electron chi connectivity index (χ3n) is 4.65. The molecule has 2 heterocycles. The van der Waals surface area contributed by atoms with E-state index in [1.807, 2.05) is 53.9 Å². The first-order valence-corrected chi connectivity index (χ1v) is 11.6. The predicted molar refractivity (Wildman–Crippen MR) is 127 cm³/mol. The maximum atomic E-state index is 12.4. The Morgan fingerprint density at radius 3 is 2.77 bits per heavy atom. The summed E-state index contributed by atoms with van der Waals surface area (Å²) in [5, 5.41) is 3.52. The number of thiazole rings is 1. The van der Waals surface area contributed by atoms with Gasteiger partial charge in [0, 0.05) is 24.6 Å². The van der Waals surface area contributed by atoms with Gasteiger partial charge in [0.05, 0.1) is 29.5 Å². The molecule has 0 aliphatic rings. The minimum absolute atomic E-state index is 0.120. The summed E-state index contributed by atoms with van der Waals surface area (Å²) in [6, 6.07) is 15.5. The number of amides is 1. The molecule has 158 valence electrons. The number of anilines is 2. The molecule has 31 heavy (non-hydrogen) atoms. The number of fused-ring (bicyclic) bond motifs is 1. The van der Waals surface area contributed by atoms with E-state index in [0.29, 0.717) is 28.9 Å². The van der Waals surface area contributed by atoms with Crippen molar-refractivity contribution in [1.29, 1.82) is 0 Å². The van der Waals surface area contributed by atoms with E-state index in [4.69, 9.17) is 14.7 Å². The average molecular weight is 451 g/mol. The molecule has 0 radical (unpaired) electrons. The number of nitrogens with zero attached hydrogens (tertiary/aromatic N) is 4. The molecule has 0 spiro atoms. The van der Waals surface area contributed by atoms with E-state index in [0.717, 1.165) is 21.9 Å². The number of methoxy groups -OCH3 is 1. The zero-order valence-electron chi connectivity index (χ0n) is 17.3. The van der Waals surface area contributed by atoms with Crippen LogP contribution in [-0.4, -0.2) is 27.6 Å². The Balaban J connectivity index is 1.58. The molecule has 2 aromatic carbocycles. The van der Waals surface area contributed by atoms with Crippen molar-refractivity contribution in [2.75, 3.05) is 12.0 Å². The minimum atomic E-state index is -0.120. The largest absolute Gasteiger partial charge is 0.495 e. The summed E-state index contributed by atoms with van der Waals surface area (Å²) in [4.78, 5) is 23.5. The molecule has 0 saturated heterocycles. The van der Waals surface area contributed by atoms with E-state index in [1.165, 1.54) is 18.3 Å². The zero-order chi connectivity index (χ0) is 21.8. The summed E-state index contributed by atoms with van der Waals surface area (Å²) in [5.74, 6) is 1.15. The fourth-order valence-electron chi connectivity index (χ4n) is 3.29. The van der Waals surface area contributed by atoms with Crippen molar-refractivity contribution in [3.8, 4) is 5.75 Å². The van der Waals surface area contributed by atoms with Gasteiger partial charge in [0.1, 0.15) is 5.75 Å². The summed E-state index contributed by atoms with van der Waals surface area (Å²) < 4.78 is 7.58. The summed E-state index contributed by atoms with van der Waals surface area (Å²) >= 11 is 3.06. The highest BCUT2D eigenvalue weighted by Crippen LogP contribution is 2.36. The molecule has 0 bridgehead atoms. The van der Waals surface area contributed by atoms with Crippen molar-refractivity contribution < 1.29 is 9.53 Å². The molecule has 0 N–H and O–H groups in total. The molecule has 2 aromatic heterocycles. The first-order valence-electron chi connectivity index (χ1n) is 9.69. The lowest BCUT2D eigenvalue weighted by Gasteiger charge is -2.20. The molecule has 0 saturated carbocycles. The lowest BCUT2D eigenvalue weighted by molar-refractivity contribution is -0.115. The molecule has 4 aromatic rings. The number of ether oxygens (including phenoxy) is 1. The Bertz CT molecular complexity index is 1230. The number of aromatic nitrogens is 3. The van der Waals surface area contributed by atoms with Crippen LogP contribution in [0.4, 0.5) is 10.8 Å². The van der Waals surface area contributed by atoms with Gasteiger partial charge in [-0.1, -0.05) is 42.1 Å². The molecule has 1 amide bonds. The summed E-state index contributed by atoms with van der Waals surface area (Å²) in [5.41, 5.74) is 3.62. The van der Waals surface area contributed by atoms with E-state index in [2.05, 4.69) is 17.2 Å². The van der Waals surface area contributed by atoms with Gasteiger partial charge in [-0.3, -0.25) is 9.69 Å². The highest BCUT2D eigenvalue weighted by atomic mass is 32.2. The van der Waals surface area contributed by atoms with Gasteiger partial charge in [0.2, 0.25) is 5.91 Å². The van der Waals surface area contributed by atoms with Crippen LogP contribution >= 0.6 is 23.1 Å². The number of allylic oxidation sites excluding steroid dienone is 1. The van der Waals surface area contributed by atoms with E-state index in [9.17, 15) is 4.79 Å². The summed E-state index contributed by atoms with van der Waals surface area (Å²) in [7, 11) is 1.59. The van der Waals surface area contributed by atoms with Crippen LogP contribution in [0.2, 0.25) is 0 Å². The zero-order valence-corrected chi connectivity index (χ0v) is 18.9. The number of benzene rings is 2. The van der Waals surface area contributed by atoms with Crippen LogP contribution in [0.1, 0.15) is 12.6 Å². The fourth-order valence-corrected chi connectivity index (χ4v) is 5.20. The van der Waals surface area contributed by atoms with Crippen molar-refractivity contribution in [2.24, 2.45) is 0 Å². The van der Waals surface area contributed by atoms with Crippen LogP contribution < -0.4 is 9.64 Å². The van der Waals surface area contributed by atoms with Crippen molar-refractivity contribution in [1.82, 2.24) is 14.5 Å². The number of carbonyl (C=O) groups excluding carboxylic acids is 1. The van der Waals surface area contributed by atoms with Gasteiger partial charge in [-0.2, -0.15) is 0 Å². The first-order chi connectivity index (χ1) is 15.1. The van der Waals surface area contributed by atoms with Gasteiger partial charge in [-0.25, -0.2) is 9.97 Å². The highest BCUT2D eigenvalue weighted by molar-refractivity contribution is 7.98. The van der Waals surface area contributed by atoms with Gasteiger partial charge in [0.15, 0.2) is 10.3 Å². The molecular formula is C23H22N4O2S2. The Labute approximate surface area is 189 Å². The maximum absolute atomic E-state index is 12.4. The van der Waals surface area contributed by atoms with Crippen LogP contribution in [0.15, 0.2) is 71.7 Å². The molecule has 0 aliphatic heterocycles. The number of carbonyl (C=O) groups is 1. The number of thioether (sulfide) groups is 1. The van der Waals surface area contributed by atoms with Crippen molar-refractivity contribution in [3.05, 3.63) is 72.3 Å². The quantitative estimate of drug-likeness (QED) is 0.256. The number of imidazole rings is 1. The molecule has 0 atom stereocenters. The normalized spacial score (nSPS) is 10.9. The first kappa shape index (κ1) is 21.1. The Kier molecular flexibility index (Phi) is 6.39. The third kappa shape index (κ3) is 4.35. The van der Waals surface area contributed by atoms with Crippen LogP contribution in [0, 0.1) is 0 Å². The van der Waals surface area contributed by atoms with Gasteiger partial charge >= 0.3 is 0 Å². The van der Waals surface area contributed by atoms with Crippen LogP contribution in [0.5, 0.6) is 5.75 Å². The third-order valence-corrected chi connectivity index (χ3v) is 6.54. The smallest absolute Gasteiger partial charge is 0.230 e. The molecule has 0 aliphatic carbocycles. The second-order valence-corrected chi connectivity index (χ2v) is 8.50. The standard InChI is InChI=1S/C23H22N4O2S2/c1-4-13-26-19-10-6-5-9-18(19)25-22(26)30-14-17-15-31-23(24-17)27(16(2)28)20-11-7-8-12-21(20)29-3/h4-12,15H,1,13-14H2,2-3H3. The molecular weight excluding hydrogens is 428 g/mol. The van der Waals surface area contributed by atoms with Crippen LogP contribution in [0.25, 0.3) is 11.0 Å². The van der Waals surface area contributed by atoms with Gasteiger partial charge in [-0.15, -0.1) is 17.9 Å². The van der Waals surface area contributed by atoms with E-state index >= 15 is 0 Å². The lowest BCUT2D eigenvalue weighted by atomic mass is 10.2. The molecule has 8 heteroatoms. The van der Waals surface area contributed by atoms with Crippen LogP contribution in [-0.2, 0) is 17.1 Å². The van der Waals surface area contributed by atoms with E-state index in [-0.39, 0.29) is 5.91 Å². The average Bonchev–Trinajstić information content (AvgIpc) is 3.38. The van der Waals surface area contributed by atoms with E-state index in [1.54, 1.807) is 23.8 Å². The van der Waals surface area contributed by atoms with Crippen molar-refractivity contribution >= 4 is 50.9 Å². The molecule has 0 unspecified atom stereocenters. The number of hydrogen-bond acceptors (Lipinski definition) is 6. The topological polar surface area (TPSA) is 60.2 Å². The SMILES string of the molecule is C=CCn1c(SCc2csc(N(C(C)=O)c3ccccc3OC)n2)nc2ccccc21. The minimum Gasteiger partial charge on any atom is -0.495 e. The second kappa shape index (κ2) is 9.36. The lowest BCUT2D eigenvalue weighted by Crippen LogP contribution is -2.23. The second-order valence-electron chi connectivity index (χ2n) is 6.72. The highest BCUT2D eigenvalue weighted by Gasteiger charge is 2.21. The Morgan fingerprint density at radius 1 is 1.23 bits per heavy atom. The van der Waals surface area contributed by atoms with Crippen molar-refractivity contribution in [2.45, 2.75) is 24.4 Å². The number of rotatable bonds is 8. The van der Waals surface area contributed by atoms with Gasteiger partial charge in [0.25, 0.3) is 0 Å². The fraction of sp³-hybridized carbons (Fsp3) is 0.174. The van der Waals surface area contributed by atoms with Gasteiger partial charge < -0.3 is 9.30 Å². The molecule has 6 nitrogen and oxygen atoms in total. The number of hydrogen-bond donors (Lipinski definition) is 0. The monoisotopic (exact) mass is 450 g/mol. The summed E-state index contributed by atoms with van der Waals surface area (Å²) in [6.45, 7) is 6.09.